The van der Waals surface area contributed by atoms with Gasteiger partial charge < -0.3 is 53.4 Å². The number of fused-ring (bicyclic) bond motifs is 1. The van der Waals surface area contributed by atoms with E-state index in [1.807, 2.05) is 0 Å². The zero-order chi connectivity index (χ0) is 39.9. The SMILES string of the molecule is CSSCC(NC(=O)C(CC(=O)O)NC(=O)C(N)CNC(=O)CCC(NC(=O)c1ccc(NCc2cnc3nc(N)[nH]c(=O)c3n2)cc1)C(=O)O)C(=O)O. The molecule has 0 fully saturated rings. The fourth-order valence-electron chi connectivity index (χ4n) is 4.41. The van der Waals surface area contributed by atoms with Crippen LogP contribution < -0.4 is 43.6 Å². The number of aromatic nitrogens is 4. The molecule has 0 saturated heterocycles. The maximum Gasteiger partial charge on any atom is 0.327 e. The third-order valence-corrected chi connectivity index (χ3v) is 9.03. The van der Waals surface area contributed by atoms with Gasteiger partial charge in [0, 0.05) is 30.0 Å². The Morgan fingerprint density at radius 1 is 0.907 bits per heavy atom. The Kier molecular flexibility index (Phi) is 15.9. The van der Waals surface area contributed by atoms with Crippen LogP contribution in [0.4, 0.5) is 11.6 Å². The van der Waals surface area contributed by atoms with Crippen LogP contribution >= 0.6 is 21.6 Å². The first-order valence-corrected chi connectivity index (χ1v) is 18.4. The molecular formula is C30H37N11O11S2. The summed E-state index contributed by atoms with van der Waals surface area (Å²) in [5.74, 6) is -7.94. The van der Waals surface area contributed by atoms with E-state index < -0.39 is 90.6 Å². The number of nitrogens with two attached hydrogens (primary N) is 2. The van der Waals surface area contributed by atoms with Gasteiger partial charge in [-0.1, -0.05) is 21.6 Å². The lowest BCUT2D eigenvalue weighted by Crippen LogP contribution is -2.57. The van der Waals surface area contributed by atoms with E-state index in [1.165, 1.54) is 29.1 Å². The predicted molar refractivity (Wildman–Crippen MR) is 195 cm³/mol. The number of nitrogens with one attached hydrogen (secondary N) is 6. The summed E-state index contributed by atoms with van der Waals surface area (Å²) in [6.07, 6.45) is 1.47. The Morgan fingerprint density at radius 3 is 2.20 bits per heavy atom. The van der Waals surface area contributed by atoms with E-state index in [9.17, 15) is 53.7 Å². The number of carboxylic acids is 3. The van der Waals surface area contributed by atoms with Crippen molar-refractivity contribution in [1.82, 2.24) is 41.2 Å². The van der Waals surface area contributed by atoms with Crippen LogP contribution in [0.25, 0.3) is 11.2 Å². The molecule has 54 heavy (non-hydrogen) atoms. The predicted octanol–water partition coefficient (Wildman–Crippen LogP) is -2.15. The number of nitrogen functional groups attached to an aromatic ring is 1. The maximum atomic E-state index is 12.8. The lowest BCUT2D eigenvalue weighted by Gasteiger charge is -2.22. The van der Waals surface area contributed by atoms with Gasteiger partial charge in [-0.15, -0.1) is 0 Å². The summed E-state index contributed by atoms with van der Waals surface area (Å²) in [6, 6.07) is -0.0312. The first-order chi connectivity index (χ1) is 25.6. The summed E-state index contributed by atoms with van der Waals surface area (Å²) in [5.41, 5.74) is 11.9. The molecule has 0 spiro atoms. The fraction of sp³-hybridized carbons (Fsp3) is 0.367. The average Bonchev–Trinajstić information content (AvgIpc) is 3.12. The first kappa shape index (κ1) is 42.4. The zero-order valence-electron chi connectivity index (χ0n) is 28.4. The molecule has 0 bridgehead atoms. The average molecular weight is 792 g/mol. The summed E-state index contributed by atoms with van der Waals surface area (Å²) in [5, 5.41) is 40.2. The van der Waals surface area contributed by atoms with Gasteiger partial charge in [0.25, 0.3) is 11.5 Å². The Morgan fingerprint density at radius 2 is 1.57 bits per heavy atom. The van der Waals surface area contributed by atoms with Crippen LogP contribution in [0.2, 0.25) is 0 Å². The third kappa shape index (κ3) is 13.2. The van der Waals surface area contributed by atoms with Gasteiger partial charge in [0.2, 0.25) is 23.7 Å². The second-order valence-corrected chi connectivity index (χ2v) is 13.8. The van der Waals surface area contributed by atoms with Crippen molar-refractivity contribution in [1.29, 1.82) is 0 Å². The van der Waals surface area contributed by atoms with Gasteiger partial charge in [-0.2, -0.15) is 4.98 Å². The number of aromatic amines is 1. The molecule has 3 aromatic rings. The van der Waals surface area contributed by atoms with E-state index >= 15 is 0 Å². The number of nitrogens with zero attached hydrogens (tertiary/aromatic N) is 3. The van der Waals surface area contributed by atoms with Crippen molar-refractivity contribution >= 4 is 85.9 Å². The Hall–Kier alpha value is -6.01. The van der Waals surface area contributed by atoms with Gasteiger partial charge in [0.05, 0.1) is 24.9 Å². The van der Waals surface area contributed by atoms with E-state index in [-0.39, 0.29) is 41.4 Å². The number of rotatable bonds is 21. The van der Waals surface area contributed by atoms with E-state index in [1.54, 1.807) is 18.4 Å². The van der Waals surface area contributed by atoms with E-state index in [2.05, 4.69) is 46.5 Å². The Balaban J connectivity index is 1.47. The molecule has 24 heteroatoms. The summed E-state index contributed by atoms with van der Waals surface area (Å²) >= 11 is 0. The highest BCUT2D eigenvalue weighted by atomic mass is 33.1. The summed E-state index contributed by atoms with van der Waals surface area (Å²) in [7, 11) is 2.39. The van der Waals surface area contributed by atoms with Gasteiger partial charge in [0.1, 0.15) is 24.2 Å². The molecule has 4 amide bonds. The molecule has 4 atom stereocenters. The molecule has 1 aromatic carbocycles. The molecule has 0 radical (unpaired) electrons. The second kappa shape index (κ2) is 20.3. The number of carbonyl (C=O) groups is 7. The third-order valence-electron chi connectivity index (χ3n) is 7.21. The molecular weight excluding hydrogens is 755 g/mol. The van der Waals surface area contributed by atoms with Crippen molar-refractivity contribution in [3.05, 3.63) is 52.1 Å². The monoisotopic (exact) mass is 791 g/mol. The molecule has 290 valence electrons. The van der Waals surface area contributed by atoms with Crippen molar-refractivity contribution in [2.75, 3.05) is 29.6 Å². The van der Waals surface area contributed by atoms with Gasteiger partial charge >= 0.3 is 17.9 Å². The van der Waals surface area contributed by atoms with Crippen LogP contribution in [0, 0.1) is 0 Å². The van der Waals surface area contributed by atoms with Gasteiger partial charge in [0.15, 0.2) is 11.2 Å². The fourth-order valence-corrected chi connectivity index (χ4v) is 5.73. The van der Waals surface area contributed by atoms with Crippen LogP contribution in [0.5, 0.6) is 0 Å². The molecule has 3 rings (SSSR count). The number of carbonyl (C=O) groups excluding carboxylic acids is 4. The molecule has 0 saturated carbocycles. The molecule has 0 aliphatic heterocycles. The van der Waals surface area contributed by atoms with Crippen molar-refractivity contribution in [3.63, 3.8) is 0 Å². The minimum absolute atomic E-state index is 0.00856. The van der Waals surface area contributed by atoms with Gasteiger partial charge in [-0.05, 0) is 36.9 Å². The van der Waals surface area contributed by atoms with Crippen molar-refractivity contribution < 1.29 is 48.9 Å². The zero-order valence-corrected chi connectivity index (χ0v) is 30.0. The van der Waals surface area contributed by atoms with Crippen LogP contribution in [0.1, 0.15) is 35.3 Å². The number of carboxylic acid groups (broad SMARTS) is 3. The standard InChI is InChI=1S/C30H37N11O11S2/c1-53-54-12-19(29(51)52)39-26(47)18(8-21(43)44)38-25(46)16(31)11-34-20(42)7-6-17(28(49)50)37-24(45)13-2-4-14(5-3-13)33-9-15-10-35-23-22(36-15)27(48)41-30(32)40-23/h2-5,10,16-19,33H,6-9,11-12,31H2,1H3,(H,34,42)(H,37,45)(H,38,46)(H,39,47)(H,43,44)(H,49,50)(H,51,52)(H3,32,35,40,41,48). The molecule has 0 aliphatic carbocycles. The van der Waals surface area contributed by atoms with E-state index in [4.69, 9.17) is 11.5 Å². The highest BCUT2D eigenvalue weighted by Crippen LogP contribution is 2.18. The van der Waals surface area contributed by atoms with Crippen LogP contribution in [-0.2, 0) is 35.3 Å². The molecule has 4 unspecified atom stereocenters. The molecule has 22 nitrogen and oxygen atoms in total. The molecule has 2 aromatic heterocycles. The molecule has 13 N–H and O–H groups in total. The van der Waals surface area contributed by atoms with E-state index in [0.29, 0.717) is 11.4 Å². The van der Waals surface area contributed by atoms with Crippen LogP contribution in [0.15, 0.2) is 35.3 Å². The smallest absolute Gasteiger partial charge is 0.327 e. The minimum Gasteiger partial charge on any atom is -0.481 e. The number of benzene rings is 1. The first-order valence-electron chi connectivity index (χ1n) is 15.7. The quantitative estimate of drug-likeness (QED) is 0.0512. The number of anilines is 2. The number of hydrogen-bond donors (Lipinski definition) is 11. The lowest BCUT2D eigenvalue weighted by molar-refractivity contribution is -0.143. The highest BCUT2D eigenvalue weighted by molar-refractivity contribution is 8.76. The minimum atomic E-state index is -1.68. The van der Waals surface area contributed by atoms with Crippen molar-refractivity contribution in [2.45, 2.75) is 50.0 Å². The van der Waals surface area contributed by atoms with Crippen molar-refractivity contribution in [3.8, 4) is 0 Å². The van der Waals surface area contributed by atoms with Crippen LogP contribution in [0.3, 0.4) is 0 Å². The lowest BCUT2D eigenvalue weighted by atomic mass is 10.1. The second-order valence-electron chi connectivity index (χ2n) is 11.2. The molecule has 0 aliphatic rings. The number of amides is 4. The summed E-state index contributed by atoms with van der Waals surface area (Å²) in [6.45, 7) is -0.330. The number of hydrogen-bond acceptors (Lipinski definition) is 16. The number of aliphatic carboxylic acids is 3. The summed E-state index contributed by atoms with van der Waals surface area (Å²) < 4.78 is 0. The molecule has 2 heterocycles. The largest absolute Gasteiger partial charge is 0.481 e. The van der Waals surface area contributed by atoms with Crippen molar-refractivity contribution in [2.24, 2.45) is 5.73 Å². The van der Waals surface area contributed by atoms with Gasteiger partial charge in [-0.25, -0.2) is 19.6 Å². The normalized spacial score (nSPS) is 13.1. The van der Waals surface area contributed by atoms with Gasteiger partial charge in [-0.3, -0.25) is 33.8 Å². The maximum absolute atomic E-state index is 12.8. The van der Waals surface area contributed by atoms with E-state index in [0.717, 1.165) is 10.8 Å². The summed E-state index contributed by atoms with van der Waals surface area (Å²) in [4.78, 5) is 112. The Labute approximate surface area is 312 Å². The topological polar surface area (TPSA) is 364 Å². The highest BCUT2D eigenvalue weighted by Gasteiger charge is 2.30. The number of H-pyrrole nitrogens is 1. The van der Waals surface area contributed by atoms with Crippen LogP contribution in [-0.4, -0.2) is 120 Å². The Bertz CT molecular complexity index is 1930.